The van der Waals surface area contributed by atoms with Gasteiger partial charge < -0.3 is 14.5 Å². The number of hydrogen-bond acceptors (Lipinski definition) is 4. The molecule has 1 aromatic rings. The summed E-state index contributed by atoms with van der Waals surface area (Å²) in [7, 11) is 1.65. The van der Waals surface area contributed by atoms with Crippen molar-refractivity contribution in [2.24, 2.45) is 5.41 Å². The van der Waals surface area contributed by atoms with E-state index in [1.165, 1.54) is 0 Å². The minimum Gasteiger partial charge on any atom is -0.383 e. The molecule has 0 radical (unpaired) electrons. The van der Waals surface area contributed by atoms with E-state index >= 15 is 0 Å². The molecule has 26 heavy (non-hydrogen) atoms. The number of aromatic nitrogens is 2. The molecule has 0 bridgehead atoms. The summed E-state index contributed by atoms with van der Waals surface area (Å²) in [5.74, 6) is 0.193. The Morgan fingerprint density at radius 2 is 2.12 bits per heavy atom. The van der Waals surface area contributed by atoms with Crippen LogP contribution in [0.15, 0.2) is 6.20 Å². The van der Waals surface area contributed by atoms with E-state index in [2.05, 4.69) is 12.0 Å². The average molecular weight is 362 g/mol. The van der Waals surface area contributed by atoms with E-state index in [9.17, 15) is 9.59 Å². The Morgan fingerprint density at radius 1 is 1.31 bits per heavy atom. The minimum absolute atomic E-state index is 0.00328. The maximum Gasteiger partial charge on any atom is 0.257 e. The normalized spacial score (nSPS) is 23.3. The average Bonchev–Trinajstić information content (AvgIpc) is 3.22. The Kier molecular flexibility index (Phi) is 5.65. The monoisotopic (exact) mass is 362 g/mol. The molecule has 144 valence electrons. The molecule has 2 saturated heterocycles. The highest BCUT2D eigenvalue weighted by molar-refractivity contribution is 5.96. The van der Waals surface area contributed by atoms with Crippen LogP contribution >= 0.6 is 0 Å². The lowest BCUT2D eigenvalue weighted by atomic mass is 9.78. The first-order chi connectivity index (χ1) is 12.5. The smallest absolute Gasteiger partial charge is 0.257 e. The van der Waals surface area contributed by atoms with E-state index in [4.69, 9.17) is 4.74 Å². The third-order valence-corrected chi connectivity index (χ3v) is 5.80. The molecule has 7 nitrogen and oxygen atoms in total. The van der Waals surface area contributed by atoms with Crippen LogP contribution in [0.2, 0.25) is 0 Å². The van der Waals surface area contributed by atoms with Gasteiger partial charge in [0, 0.05) is 45.5 Å². The fourth-order valence-electron chi connectivity index (χ4n) is 4.26. The summed E-state index contributed by atoms with van der Waals surface area (Å²) in [6, 6.07) is 0. The second-order valence-corrected chi connectivity index (χ2v) is 7.51. The SMILES string of the molecule is CCCn1ncc(C(=O)N2CC[C@]3(CCCN(CCOC)C3=O)C2)c1C. The predicted octanol–water partition coefficient (Wildman–Crippen LogP) is 1.70. The summed E-state index contributed by atoms with van der Waals surface area (Å²) in [4.78, 5) is 29.8. The van der Waals surface area contributed by atoms with Gasteiger partial charge in [-0.1, -0.05) is 6.92 Å². The standard InChI is InChI=1S/C19H30N4O3/c1-4-8-23-15(2)16(13-20-23)17(24)22-10-7-19(14-22)6-5-9-21(18(19)25)11-12-26-3/h13H,4-12,14H2,1-3H3/t19-/m1/s1. The van der Waals surface area contributed by atoms with Gasteiger partial charge in [-0.3, -0.25) is 14.3 Å². The number of ether oxygens (including phenoxy) is 1. The maximum atomic E-state index is 13.0. The molecule has 7 heteroatoms. The van der Waals surface area contributed by atoms with Gasteiger partial charge in [-0.2, -0.15) is 5.10 Å². The van der Waals surface area contributed by atoms with Crippen LogP contribution in [0.4, 0.5) is 0 Å². The number of hydrogen-bond donors (Lipinski definition) is 0. The Hall–Kier alpha value is -1.89. The molecule has 3 rings (SSSR count). The molecule has 2 fully saturated rings. The summed E-state index contributed by atoms with van der Waals surface area (Å²) < 4.78 is 7.02. The van der Waals surface area contributed by atoms with E-state index in [0.29, 0.717) is 31.8 Å². The lowest BCUT2D eigenvalue weighted by Crippen LogP contribution is -2.51. The Morgan fingerprint density at radius 3 is 2.85 bits per heavy atom. The van der Waals surface area contributed by atoms with Gasteiger partial charge in [-0.15, -0.1) is 0 Å². The van der Waals surface area contributed by atoms with Gasteiger partial charge in [-0.05, 0) is 32.6 Å². The van der Waals surface area contributed by atoms with Gasteiger partial charge in [0.25, 0.3) is 5.91 Å². The Labute approximate surface area is 155 Å². The highest BCUT2D eigenvalue weighted by Gasteiger charge is 2.49. The number of rotatable bonds is 6. The minimum atomic E-state index is -0.408. The lowest BCUT2D eigenvalue weighted by molar-refractivity contribution is -0.146. The zero-order valence-electron chi connectivity index (χ0n) is 16.2. The quantitative estimate of drug-likeness (QED) is 0.772. The van der Waals surface area contributed by atoms with Crippen LogP contribution in [-0.2, 0) is 16.1 Å². The number of amides is 2. The van der Waals surface area contributed by atoms with E-state index in [1.54, 1.807) is 13.3 Å². The van der Waals surface area contributed by atoms with Crippen LogP contribution in [0, 0.1) is 12.3 Å². The van der Waals surface area contributed by atoms with Crippen LogP contribution in [0.3, 0.4) is 0 Å². The third kappa shape index (κ3) is 3.37. The van der Waals surface area contributed by atoms with Gasteiger partial charge in [-0.25, -0.2) is 0 Å². The summed E-state index contributed by atoms with van der Waals surface area (Å²) in [6.45, 7) is 8.00. The first-order valence-electron chi connectivity index (χ1n) is 9.62. The molecule has 0 N–H and O–H groups in total. The number of piperidine rings is 1. The summed E-state index contributed by atoms with van der Waals surface area (Å²) >= 11 is 0. The first-order valence-corrected chi connectivity index (χ1v) is 9.62. The molecular weight excluding hydrogens is 332 g/mol. The second-order valence-electron chi connectivity index (χ2n) is 7.51. The number of carbonyl (C=O) groups excluding carboxylic acids is 2. The van der Waals surface area contributed by atoms with Gasteiger partial charge in [0.2, 0.25) is 5.91 Å². The molecule has 2 aliphatic rings. The van der Waals surface area contributed by atoms with E-state index in [-0.39, 0.29) is 11.8 Å². The van der Waals surface area contributed by atoms with Crippen molar-refractivity contribution in [2.75, 3.05) is 39.9 Å². The summed E-state index contributed by atoms with van der Waals surface area (Å²) in [5, 5.41) is 4.34. The molecule has 0 aliphatic carbocycles. The molecule has 1 atom stereocenters. The van der Waals surface area contributed by atoms with E-state index in [1.807, 2.05) is 21.4 Å². The molecule has 3 heterocycles. The molecule has 1 aromatic heterocycles. The topological polar surface area (TPSA) is 67.7 Å². The highest BCUT2D eigenvalue weighted by Crippen LogP contribution is 2.40. The van der Waals surface area contributed by atoms with Crippen LogP contribution < -0.4 is 0 Å². The molecular formula is C19H30N4O3. The van der Waals surface area contributed by atoms with Crippen LogP contribution in [0.1, 0.15) is 48.7 Å². The van der Waals surface area contributed by atoms with Crippen molar-refractivity contribution in [1.82, 2.24) is 19.6 Å². The number of carbonyl (C=O) groups is 2. The molecule has 0 saturated carbocycles. The number of likely N-dealkylation sites (tertiary alicyclic amines) is 2. The van der Waals surface area contributed by atoms with Crippen molar-refractivity contribution in [1.29, 1.82) is 0 Å². The fraction of sp³-hybridized carbons (Fsp3) is 0.737. The van der Waals surface area contributed by atoms with Gasteiger partial charge in [0.1, 0.15) is 0 Å². The lowest BCUT2D eigenvalue weighted by Gasteiger charge is -2.39. The largest absolute Gasteiger partial charge is 0.383 e. The maximum absolute atomic E-state index is 13.0. The molecule has 2 aliphatic heterocycles. The highest BCUT2D eigenvalue weighted by atomic mass is 16.5. The van der Waals surface area contributed by atoms with Crippen LogP contribution in [0.25, 0.3) is 0 Å². The molecule has 0 unspecified atom stereocenters. The van der Waals surface area contributed by atoms with Crippen LogP contribution in [-0.4, -0.2) is 71.3 Å². The number of aryl methyl sites for hydroxylation is 1. The first kappa shape index (κ1) is 18.9. The fourth-order valence-corrected chi connectivity index (χ4v) is 4.26. The van der Waals surface area contributed by atoms with Gasteiger partial charge in [0.05, 0.1) is 23.8 Å². The summed E-state index contributed by atoms with van der Waals surface area (Å²) in [5.41, 5.74) is 1.17. The zero-order valence-corrected chi connectivity index (χ0v) is 16.2. The van der Waals surface area contributed by atoms with Crippen molar-refractivity contribution in [3.8, 4) is 0 Å². The number of nitrogens with zero attached hydrogens (tertiary/aromatic N) is 4. The second kappa shape index (κ2) is 7.78. The number of methoxy groups -OCH3 is 1. The van der Waals surface area contributed by atoms with Crippen LogP contribution in [0.5, 0.6) is 0 Å². The summed E-state index contributed by atoms with van der Waals surface area (Å²) in [6.07, 6.45) is 5.27. The van der Waals surface area contributed by atoms with Gasteiger partial charge in [0.15, 0.2) is 0 Å². The predicted molar refractivity (Wildman–Crippen MR) is 97.9 cm³/mol. The van der Waals surface area contributed by atoms with Crippen molar-refractivity contribution in [2.45, 2.75) is 46.1 Å². The van der Waals surface area contributed by atoms with E-state index < -0.39 is 5.41 Å². The Balaban J connectivity index is 1.71. The van der Waals surface area contributed by atoms with Crippen molar-refractivity contribution in [3.05, 3.63) is 17.5 Å². The van der Waals surface area contributed by atoms with Crippen molar-refractivity contribution < 1.29 is 14.3 Å². The molecule has 2 amide bonds. The molecule has 0 aromatic carbocycles. The van der Waals surface area contributed by atoms with Crippen molar-refractivity contribution >= 4 is 11.8 Å². The van der Waals surface area contributed by atoms with E-state index in [0.717, 1.165) is 44.5 Å². The van der Waals surface area contributed by atoms with Gasteiger partial charge >= 0.3 is 0 Å². The Bertz CT molecular complexity index is 672. The zero-order chi connectivity index (χ0) is 18.7. The third-order valence-electron chi connectivity index (χ3n) is 5.80. The van der Waals surface area contributed by atoms with Crippen molar-refractivity contribution in [3.63, 3.8) is 0 Å². The molecule has 1 spiro atoms.